The summed E-state index contributed by atoms with van der Waals surface area (Å²) in [7, 11) is 0. The molecule has 6 heteroatoms. The normalized spacial score (nSPS) is 22.8. The number of furan rings is 1. The molecule has 0 fully saturated rings. The van der Waals surface area contributed by atoms with Gasteiger partial charge in [0.2, 0.25) is 0 Å². The van der Waals surface area contributed by atoms with Gasteiger partial charge >= 0.3 is 0 Å². The number of pyridine rings is 1. The standard InChI is InChI=1S/C18H17N5O/c19-18-21-8-13-15(23-9-11-2-1-6-20-14(11)10-23)3-4-16-12(5-7-24-16)17(13)22-18/h1-2,5-10,15,17H,3-4H2,(H3,19,21,22). The van der Waals surface area contributed by atoms with Crippen molar-refractivity contribution in [3.8, 4) is 0 Å². The summed E-state index contributed by atoms with van der Waals surface area (Å²) in [6, 6.07) is 6.15. The molecule has 0 radical (unpaired) electrons. The van der Waals surface area contributed by atoms with Crippen LogP contribution < -0.4 is 11.1 Å². The third-order valence-corrected chi connectivity index (χ3v) is 4.87. The first-order chi connectivity index (χ1) is 11.8. The summed E-state index contributed by atoms with van der Waals surface area (Å²) in [5.74, 6) is 1.44. The third kappa shape index (κ3) is 1.96. The van der Waals surface area contributed by atoms with Crippen molar-refractivity contribution in [2.45, 2.75) is 24.9 Å². The zero-order chi connectivity index (χ0) is 16.1. The largest absolute Gasteiger partial charge is 0.469 e. The molecule has 2 atom stereocenters. The van der Waals surface area contributed by atoms with Crippen molar-refractivity contribution in [3.05, 3.63) is 66.1 Å². The summed E-state index contributed by atoms with van der Waals surface area (Å²) < 4.78 is 7.92. The summed E-state index contributed by atoms with van der Waals surface area (Å²) in [4.78, 5) is 9.08. The smallest absolute Gasteiger partial charge is 0.193 e. The number of nitrogens with one attached hydrogen (secondary N) is 1. The summed E-state index contributed by atoms with van der Waals surface area (Å²) in [6.45, 7) is 0. The maximum atomic E-state index is 5.91. The van der Waals surface area contributed by atoms with Crippen LogP contribution in [0, 0.1) is 0 Å². The monoisotopic (exact) mass is 319 g/mol. The molecule has 0 saturated carbocycles. The van der Waals surface area contributed by atoms with Gasteiger partial charge in [0.25, 0.3) is 0 Å². The van der Waals surface area contributed by atoms with Crippen molar-refractivity contribution < 1.29 is 4.42 Å². The van der Waals surface area contributed by atoms with Gasteiger partial charge < -0.3 is 20.0 Å². The minimum absolute atomic E-state index is 0.0917. The number of aryl methyl sites for hydroxylation is 1. The molecular weight excluding hydrogens is 302 g/mol. The number of hydrogen-bond acceptors (Lipinski definition) is 5. The highest BCUT2D eigenvalue weighted by molar-refractivity contribution is 5.81. The average Bonchev–Trinajstić information content (AvgIpc) is 3.20. The summed E-state index contributed by atoms with van der Waals surface area (Å²) >= 11 is 0. The Morgan fingerprint density at radius 3 is 3.17 bits per heavy atom. The van der Waals surface area contributed by atoms with Crippen LogP contribution in [-0.2, 0) is 6.42 Å². The van der Waals surface area contributed by atoms with Gasteiger partial charge in [-0.1, -0.05) is 0 Å². The van der Waals surface area contributed by atoms with Gasteiger partial charge in [0, 0.05) is 42.2 Å². The van der Waals surface area contributed by atoms with E-state index in [0.717, 1.165) is 35.1 Å². The number of nitrogens with zero attached hydrogens (tertiary/aromatic N) is 3. The van der Waals surface area contributed by atoms with E-state index in [0.29, 0.717) is 5.96 Å². The molecule has 2 unspecified atom stereocenters. The van der Waals surface area contributed by atoms with E-state index in [-0.39, 0.29) is 12.1 Å². The second kappa shape index (κ2) is 4.99. The Bertz CT molecular complexity index is 947. The molecule has 0 spiro atoms. The van der Waals surface area contributed by atoms with Gasteiger partial charge in [0.1, 0.15) is 11.8 Å². The van der Waals surface area contributed by atoms with Crippen molar-refractivity contribution in [2.24, 2.45) is 10.7 Å². The number of fused-ring (bicyclic) bond motifs is 4. The Morgan fingerprint density at radius 1 is 1.29 bits per heavy atom. The van der Waals surface area contributed by atoms with Gasteiger partial charge in [0.15, 0.2) is 5.96 Å². The molecule has 1 aliphatic heterocycles. The Kier molecular flexibility index (Phi) is 2.79. The average molecular weight is 319 g/mol. The van der Waals surface area contributed by atoms with Gasteiger partial charge in [-0.15, -0.1) is 0 Å². The molecule has 0 aromatic carbocycles. The van der Waals surface area contributed by atoms with Gasteiger partial charge in [-0.25, -0.2) is 4.99 Å². The first kappa shape index (κ1) is 13.4. The molecule has 3 aromatic heterocycles. The van der Waals surface area contributed by atoms with Gasteiger partial charge in [-0.2, -0.15) is 0 Å². The highest BCUT2D eigenvalue weighted by Crippen LogP contribution is 2.42. The number of hydrogen-bond donors (Lipinski definition) is 2. The predicted octanol–water partition coefficient (Wildman–Crippen LogP) is 2.66. The van der Waals surface area contributed by atoms with Crippen LogP contribution in [0.5, 0.6) is 0 Å². The molecule has 6 nitrogen and oxygen atoms in total. The fraction of sp³-hybridized carbons (Fsp3) is 0.222. The van der Waals surface area contributed by atoms with Crippen LogP contribution in [0.2, 0.25) is 0 Å². The van der Waals surface area contributed by atoms with E-state index < -0.39 is 0 Å². The number of guanidine groups is 1. The number of nitrogens with two attached hydrogens (primary N) is 1. The zero-order valence-electron chi connectivity index (χ0n) is 13.0. The maximum absolute atomic E-state index is 5.91. The predicted molar refractivity (Wildman–Crippen MR) is 91.4 cm³/mol. The van der Waals surface area contributed by atoms with E-state index in [4.69, 9.17) is 10.2 Å². The van der Waals surface area contributed by atoms with Gasteiger partial charge in [-0.3, -0.25) is 4.98 Å². The molecule has 1 aliphatic carbocycles. The van der Waals surface area contributed by atoms with Crippen LogP contribution in [0.3, 0.4) is 0 Å². The van der Waals surface area contributed by atoms with Crippen LogP contribution in [0.15, 0.2) is 64.2 Å². The van der Waals surface area contributed by atoms with E-state index in [9.17, 15) is 0 Å². The fourth-order valence-corrected chi connectivity index (χ4v) is 3.73. The molecule has 2 aliphatic rings. The van der Waals surface area contributed by atoms with Crippen molar-refractivity contribution in [3.63, 3.8) is 0 Å². The second-order valence-corrected chi connectivity index (χ2v) is 6.24. The highest BCUT2D eigenvalue weighted by atomic mass is 16.3. The SMILES string of the molecule is NC1=NC2C(=CN1)C(n1cc3cccnc3c1)CCc1occc12. The Morgan fingerprint density at radius 2 is 2.25 bits per heavy atom. The van der Waals surface area contributed by atoms with E-state index in [1.165, 1.54) is 5.57 Å². The summed E-state index contributed by atoms with van der Waals surface area (Å²) in [5.41, 5.74) is 9.23. The minimum atomic E-state index is -0.0917. The van der Waals surface area contributed by atoms with Crippen molar-refractivity contribution in [1.29, 1.82) is 0 Å². The molecule has 3 N–H and O–H groups in total. The Balaban J connectivity index is 1.63. The lowest BCUT2D eigenvalue weighted by Gasteiger charge is -2.27. The van der Waals surface area contributed by atoms with Crippen molar-refractivity contribution >= 4 is 16.9 Å². The molecule has 24 heavy (non-hydrogen) atoms. The minimum Gasteiger partial charge on any atom is -0.469 e. The number of rotatable bonds is 1. The summed E-state index contributed by atoms with van der Waals surface area (Å²) in [6.07, 6.45) is 11.6. The third-order valence-electron chi connectivity index (χ3n) is 4.87. The molecule has 3 aromatic rings. The Labute approximate surface area is 138 Å². The van der Waals surface area contributed by atoms with Crippen LogP contribution in [0.25, 0.3) is 10.9 Å². The molecular formula is C18H17N5O. The lowest BCUT2D eigenvalue weighted by molar-refractivity contribution is 0.469. The number of aliphatic imine (C=N–C) groups is 1. The fourth-order valence-electron chi connectivity index (χ4n) is 3.73. The van der Waals surface area contributed by atoms with Gasteiger partial charge in [0.05, 0.1) is 17.8 Å². The lowest BCUT2D eigenvalue weighted by Crippen LogP contribution is -2.33. The van der Waals surface area contributed by atoms with E-state index in [1.54, 1.807) is 6.26 Å². The highest BCUT2D eigenvalue weighted by Gasteiger charge is 2.33. The molecule has 5 rings (SSSR count). The zero-order valence-corrected chi connectivity index (χ0v) is 13.0. The molecule has 0 bridgehead atoms. The van der Waals surface area contributed by atoms with Crippen LogP contribution in [0.4, 0.5) is 0 Å². The first-order valence-electron chi connectivity index (χ1n) is 8.08. The molecule has 4 heterocycles. The molecule has 0 saturated heterocycles. The summed E-state index contributed by atoms with van der Waals surface area (Å²) in [5, 5.41) is 4.21. The quantitative estimate of drug-likeness (QED) is 0.722. The van der Waals surface area contributed by atoms with E-state index in [1.807, 2.05) is 24.5 Å². The van der Waals surface area contributed by atoms with E-state index in [2.05, 4.69) is 38.3 Å². The number of aromatic nitrogens is 2. The Hall–Kier alpha value is -3.02. The van der Waals surface area contributed by atoms with E-state index >= 15 is 0 Å². The van der Waals surface area contributed by atoms with Crippen molar-refractivity contribution in [1.82, 2.24) is 14.9 Å². The molecule has 0 amide bonds. The topological polar surface area (TPSA) is 81.4 Å². The van der Waals surface area contributed by atoms with Crippen LogP contribution in [0.1, 0.15) is 29.8 Å². The van der Waals surface area contributed by atoms with Crippen LogP contribution >= 0.6 is 0 Å². The van der Waals surface area contributed by atoms with Gasteiger partial charge in [-0.05, 0) is 30.2 Å². The molecule has 120 valence electrons. The van der Waals surface area contributed by atoms with Crippen LogP contribution in [-0.4, -0.2) is 15.5 Å². The second-order valence-electron chi connectivity index (χ2n) is 6.24. The first-order valence-corrected chi connectivity index (χ1v) is 8.08. The maximum Gasteiger partial charge on any atom is 0.193 e. The lowest BCUT2D eigenvalue weighted by atomic mass is 9.95. The van der Waals surface area contributed by atoms with Crippen molar-refractivity contribution in [2.75, 3.05) is 0 Å².